The van der Waals surface area contributed by atoms with Crippen LogP contribution in [0.5, 0.6) is 11.5 Å². The first-order valence-electron chi connectivity index (χ1n) is 7.87. The Morgan fingerprint density at radius 1 is 1.31 bits per heavy atom. The molecule has 3 rings (SSSR count). The number of hydrogen-bond acceptors (Lipinski definition) is 5. The molecule has 6 nitrogen and oxygen atoms in total. The largest absolute Gasteiger partial charge is 0.486 e. The summed E-state index contributed by atoms with van der Waals surface area (Å²) in [4.78, 5) is 12.3. The van der Waals surface area contributed by atoms with Crippen LogP contribution in [0.3, 0.4) is 0 Å². The smallest absolute Gasteiger partial charge is 0.251 e. The second kappa shape index (κ2) is 8.49. The van der Waals surface area contributed by atoms with Crippen LogP contribution in [0.4, 0.5) is 5.69 Å². The number of fused-ring (bicyclic) bond motifs is 1. The van der Waals surface area contributed by atoms with Crippen LogP contribution < -0.4 is 20.5 Å². The monoisotopic (exact) mass is 398 g/mol. The fourth-order valence-electron chi connectivity index (χ4n) is 2.61. The van der Waals surface area contributed by atoms with Gasteiger partial charge in [0, 0.05) is 17.8 Å². The maximum absolute atomic E-state index is 12.3. The number of anilines is 1. The number of carbonyl (C=O) groups excluding carboxylic acids is 1. The van der Waals surface area contributed by atoms with Gasteiger partial charge < -0.3 is 25.6 Å². The number of ether oxygens (including phenoxy) is 2. The first kappa shape index (κ1) is 20.2. The molecule has 1 heterocycles. The molecule has 0 saturated carbocycles. The second-order valence-electron chi connectivity index (χ2n) is 5.83. The van der Waals surface area contributed by atoms with Gasteiger partial charge in [0.25, 0.3) is 5.91 Å². The van der Waals surface area contributed by atoms with Gasteiger partial charge in [-0.3, -0.25) is 4.79 Å². The summed E-state index contributed by atoms with van der Waals surface area (Å²) >= 11 is 6.17. The third-order valence-corrected chi connectivity index (χ3v) is 4.25. The number of hydrogen-bond donors (Lipinski definition) is 3. The van der Waals surface area contributed by atoms with Gasteiger partial charge in [-0.05, 0) is 42.3 Å². The quantitative estimate of drug-likeness (QED) is 0.688. The lowest BCUT2D eigenvalue weighted by Gasteiger charge is -2.21. The van der Waals surface area contributed by atoms with Gasteiger partial charge in [0.2, 0.25) is 0 Å². The number of aliphatic hydroxyl groups excluding tert-OH is 1. The minimum atomic E-state index is -0.932. The summed E-state index contributed by atoms with van der Waals surface area (Å²) in [5.74, 6) is 0.668. The molecule has 0 aromatic heterocycles. The lowest BCUT2D eigenvalue weighted by Crippen LogP contribution is -2.29. The SMILES string of the molecule is Cc1ccc(N)cc1C(=O)NCC(O)c1cc(Cl)c2c(c1)OCCO2.Cl. The molecular formula is C18H20Cl2N2O4. The highest BCUT2D eigenvalue weighted by Gasteiger charge is 2.20. The van der Waals surface area contributed by atoms with Crippen molar-refractivity contribution in [1.82, 2.24) is 5.32 Å². The van der Waals surface area contributed by atoms with Crippen molar-refractivity contribution in [2.45, 2.75) is 13.0 Å². The number of nitrogen functional groups attached to an aromatic ring is 1. The highest BCUT2D eigenvalue weighted by Crippen LogP contribution is 2.39. The van der Waals surface area contributed by atoms with E-state index in [9.17, 15) is 9.90 Å². The van der Waals surface area contributed by atoms with Crippen molar-refractivity contribution >= 4 is 35.6 Å². The summed E-state index contributed by atoms with van der Waals surface area (Å²) < 4.78 is 10.9. The molecule has 0 bridgehead atoms. The number of carbonyl (C=O) groups is 1. The van der Waals surface area contributed by atoms with E-state index in [1.54, 1.807) is 30.3 Å². The minimum absolute atomic E-state index is 0. The van der Waals surface area contributed by atoms with E-state index in [0.717, 1.165) is 5.56 Å². The van der Waals surface area contributed by atoms with Crippen LogP contribution in [-0.4, -0.2) is 30.8 Å². The predicted molar refractivity (Wildman–Crippen MR) is 103 cm³/mol. The van der Waals surface area contributed by atoms with Crippen LogP contribution in [0.2, 0.25) is 5.02 Å². The van der Waals surface area contributed by atoms with Crippen LogP contribution in [0, 0.1) is 6.92 Å². The molecule has 4 N–H and O–H groups in total. The van der Waals surface area contributed by atoms with Crippen molar-refractivity contribution in [3.63, 3.8) is 0 Å². The number of aliphatic hydroxyl groups is 1. The third-order valence-electron chi connectivity index (χ3n) is 3.97. The van der Waals surface area contributed by atoms with E-state index >= 15 is 0 Å². The van der Waals surface area contributed by atoms with Crippen LogP contribution in [0.1, 0.15) is 27.6 Å². The number of benzene rings is 2. The topological polar surface area (TPSA) is 93.8 Å². The summed E-state index contributed by atoms with van der Waals surface area (Å²) in [5, 5.41) is 13.4. The second-order valence-corrected chi connectivity index (χ2v) is 6.23. The lowest BCUT2D eigenvalue weighted by molar-refractivity contribution is 0.0915. The molecule has 8 heteroatoms. The van der Waals surface area contributed by atoms with Gasteiger partial charge in [-0.15, -0.1) is 12.4 Å². The van der Waals surface area contributed by atoms with Crippen LogP contribution in [0.25, 0.3) is 0 Å². The standard InChI is InChI=1S/C18H19ClN2O4.ClH/c1-10-2-3-12(20)8-13(10)18(23)21-9-15(22)11-6-14(19)17-16(7-11)24-4-5-25-17;/h2-3,6-8,15,22H,4-5,9,20H2,1H3,(H,21,23);1H. The van der Waals surface area contributed by atoms with Crippen molar-refractivity contribution in [3.05, 3.63) is 52.0 Å². The first-order chi connectivity index (χ1) is 12.0. The third kappa shape index (κ3) is 4.33. The molecule has 1 aliphatic heterocycles. The average Bonchev–Trinajstić information content (AvgIpc) is 2.61. The van der Waals surface area contributed by atoms with Gasteiger partial charge in [-0.2, -0.15) is 0 Å². The minimum Gasteiger partial charge on any atom is -0.486 e. The summed E-state index contributed by atoms with van der Waals surface area (Å²) in [7, 11) is 0. The van der Waals surface area contributed by atoms with Gasteiger partial charge in [0.1, 0.15) is 13.2 Å². The molecule has 0 aliphatic carbocycles. The number of nitrogens with one attached hydrogen (secondary N) is 1. The Hall–Kier alpha value is -2.15. The Labute approximate surface area is 162 Å². The zero-order chi connectivity index (χ0) is 18.0. The number of amides is 1. The van der Waals surface area contributed by atoms with Crippen LogP contribution in [-0.2, 0) is 0 Å². The Morgan fingerprint density at radius 2 is 2.04 bits per heavy atom. The van der Waals surface area contributed by atoms with E-state index in [2.05, 4.69) is 5.32 Å². The number of nitrogens with two attached hydrogens (primary N) is 1. The van der Waals surface area contributed by atoms with Crippen LogP contribution >= 0.6 is 24.0 Å². The predicted octanol–water partition coefficient (Wildman–Crippen LogP) is 2.89. The summed E-state index contributed by atoms with van der Waals surface area (Å²) in [6.45, 7) is 2.72. The first-order valence-corrected chi connectivity index (χ1v) is 8.25. The zero-order valence-electron chi connectivity index (χ0n) is 14.1. The summed E-state index contributed by atoms with van der Waals surface area (Å²) in [6, 6.07) is 8.40. The Balaban J connectivity index is 0.00000243. The maximum atomic E-state index is 12.3. The van der Waals surface area contributed by atoms with Crippen molar-refractivity contribution in [2.75, 3.05) is 25.5 Å². The fourth-order valence-corrected chi connectivity index (χ4v) is 2.88. The van der Waals surface area contributed by atoms with E-state index in [4.69, 9.17) is 26.8 Å². The van der Waals surface area contributed by atoms with Crippen molar-refractivity contribution in [3.8, 4) is 11.5 Å². The molecule has 1 unspecified atom stereocenters. The van der Waals surface area contributed by atoms with E-state index in [1.165, 1.54) is 0 Å². The zero-order valence-corrected chi connectivity index (χ0v) is 15.7. The molecular weight excluding hydrogens is 379 g/mol. The summed E-state index contributed by atoms with van der Waals surface area (Å²) in [6.07, 6.45) is -0.932. The Morgan fingerprint density at radius 3 is 2.81 bits per heavy atom. The highest BCUT2D eigenvalue weighted by atomic mass is 35.5. The van der Waals surface area contributed by atoms with E-state index in [-0.39, 0.29) is 24.9 Å². The van der Waals surface area contributed by atoms with Crippen LogP contribution in [0.15, 0.2) is 30.3 Å². The molecule has 2 aromatic carbocycles. The van der Waals surface area contributed by atoms with Gasteiger partial charge in [0.15, 0.2) is 11.5 Å². The molecule has 0 saturated heterocycles. The highest BCUT2D eigenvalue weighted by molar-refractivity contribution is 6.32. The van der Waals surface area contributed by atoms with Crippen molar-refractivity contribution < 1.29 is 19.4 Å². The van der Waals surface area contributed by atoms with Gasteiger partial charge in [-0.1, -0.05) is 17.7 Å². The lowest BCUT2D eigenvalue weighted by atomic mass is 10.1. The number of halogens is 2. The molecule has 140 valence electrons. The molecule has 0 spiro atoms. The number of aryl methyl sites for hydroxylation is 1. The Bertz CT molecular complexity index is 814. The molecule has 1 atom stereocenters. The fraction of sp³-hybridized carbons (Fsp3) is 0.278. The maximum Gasteiger partial charge on any atom is 0.251 e. The van der Waals surface area contributed by atoms with E-state index in [1.807, 2.05) is 6.92 Å². The van der Waals surface area contributed by atoms with Crippen molar-refractivity contribution in [1.29, 1.82) is 0 Å². The molecule has 0 fully saturated rings. The molecule has 1 amide bonds. The molecule has 2 aromatic rings. The molecule has 0 radical (unpaired) electrons. The van der Waals surface area contributed by atoms with Gasteiger partial charge in [-0.25, -0.2) is 0 Å². The van der Waals surface area contributed by atoms with Crippen molar-refractivity contribution in [2.24, 2.45) is 0 Å². The normalized spacial score (nSPS) is 13.5. The van der Waals surface area contributed by atoms with E-state index < -0.39 is 6.10 Å². The number of rotatable bonds is 4. The van der Waals surface area contributed by atoms with Gasteiger partial charge >= 0.3 is 0 Å². The Kier molecular flexibility index (Phi) is 6.58. The van der Waals surface area contributed by atoms with Gasteiger partial charge in [0.05, 0.1) is 11.1 Å². The molecule has 26 heavy (non-hydrogen) atoms. The summed E-state index contributed by atoms with van der Waals surface area (Å²) in [5.41, 5.74) is 8.06. The average molecular weight is 399 g/mol. The van der Waals surface area contributed by atoms with E-state index in [0.29, 0.717) is 46.5 Å². The molecule has 1 aliphatic rings.